The predicted molar refractivity (Wildman–Crippen MR) is 89.9 cm³/mol. The van der Waals surface area contributed by atoms with Crippen LogP contribution in [0.3, 0.4) is 0 Å². The van der Waals surface area contributed by atoms with Crippen molar-refractivity contribution in [1.82, 2.24) is 10.2 Å². The molecule has 1 aromatic rings. The van der Waals surface area contributed by atoms with E-state index in [9.17, 15) is 4.79 Å². The molecular weight excluding hydrogens is 284 g/mol. The van der Waals surface area contributed by atoms with Gasteiger partial charge in [-0.3, -0.25) is 4.79 Å². The molecule has 1 aliphatic rings. The van der Waals surface area contributed by atoms with Crippen LogP contribution in [-0.2, 0) is 11.3 Å². The number of amides is 1. The molecule has 1 aliphatic heterocycles. The summed E-state index contributed by atoms with van der Waals surface area (Å²) < 4.78 is 0. The van der Waals surface area contributed by atoms with Gasteiger partial charge in [-0.2, -0.15) is 0 Å². The van der Waals surface area contributed by atoms with Crippen LogP contribution in [0.5, 0.6) is 0 Å². The summed E-state index contributed by atoms with van der Waals surface area (Å²) in [6.45, 7) is 7.85. The van der Waals surface area contributed by atoms with Gasteiger partial charge in [0.25, 0.3) is 0 Å². The second kappa shape index (κ2) is 9.06. The number of likely N-dealkylation sites (tertiary alicyclic amines) is 1. The zero-order valence-corrected chi connectivity index (χ0v) is 14.0. The van der Waals surface area contributed by atoms with Crippen LogP contribution in [0, 0.1) is 13.8 Å². The van der Waals surface area contributed by atoms with Crippen molar-refractivity contribution in [1.29, 1.82) is 0 Å². The Morgan fingerprint density at radius 2 is 2.00 bits per heavy atom. The highest BCUT2D eigenvalue weighted by atomic mass is 35.5. The van der Waals surface area contributed by atoms with Gasteiger partial charge in [0.1, 0.15) is 0 Å². The summed E-state index contributed by atoms with van der Waals surface area (Å²) in [5.41, 5.74) is 4.06. The molecule has 0 radical (unpaired) electrons. The molecule has 0 aromatic heterocycles. The fraction of sp³-hybridized carbons (Fsp3) is 0.588. The summed E-state index contributed by atoms with van der Waals surface area (Å²) in [6, 6.07) is 6.43. The van der Waals surface area contributed by atoms with Gasteiger partial charge in [0, 0.05) is 32.6 Å². The Labute approximate surface area is 134 Å². The SMILES string of the molecule is Cc1cccc(CNCCN2CCCCCC2=O)c1C.Cl. The number of nitrogens with one attached hydrogen (secondary N) is 1. The van der Waals surface area contributed by atoms with Gasteiger partial charge in [-0.1, -0.05) is 24.6 Å². The van der Waals surface area contributed by atoms with E-state index in [2.05, 4.69) is 37.4 Å². The van der Waals surface area contributed by atoms with Crippen molar-refractivity contribution < 1.29 is 4.79 Å². The lowest BCUT2D eigenvalue weighted by Gasteiger charge is -2.20. The molecule has 1 saturated heterocycles. The molecule has 1 amide bonds. The first kappa shape index (κ1) is 18.0. The average molecular weight is 311 g/mol. The van der Waals surface area contributed by atoms with Crippen LogP contribution in [0.4, 0.5) is 0 Å². The summed E-state index contributed by atoms with van der Waals surface area (Å²) in [5, 5.41) is 3.46. The topological polar surface area (TPSA) is 32.3 Å². The minimum Gasteiger partial charge on any atom is -0.341 e. The Kier molecular flexibility index (Phi) is 7.76. The van der Waals surface area contributed by atoms with Crippen molar-refractivity contribution in [2.45, 2.75) is 46.1 Å². The highest BCUT2D eigenvalue weighted by Gasteiger charge is 2.15. The Morgan fingerprint density at radius 3 is 2.81 bits per heavy atom. The van der Waals surface area contributed by atoms with Crippen molar-refractivity contribution in [2.75, 3.05) is 19.6 Å². The largest absolute Gasteiger partial charge is 0.341 e. The maximum atomic E-state index is 11.9. The number of benzene rings is 1. The van der Waals surface area contributed by atoms with Crippen LogP contribution in [0.25, 0.3) is 0 Å². The molecule has 2 rings (SSSR count). The lowest BCUT2D eigenvalue weighted by Crippen LogP contribution is -2.36. The van der Waals surface area contributed by atoms with Crippen molar-refractivity contribution in [2.24, 2.45) is 0 Å². The molecule has 1 heterocycles. The number of hydrogen-bond acceptors (Lipinski definition) is 2. The van der Waals surface area contributed by atoms with Crippen molar-refractivity contribution in [3.05, 3.63) is 34.9 Å². The van der Waals surface area contributed by atoms with Crippen molar-refractivity contribution in [3.63, 3.8) is 0 Å². The van der Waals surface area contributed by atoms with Gasteiger partial charge in [-0.05, 0) is 43.4 Å². The number of carbonyl (C=O) groups is 1. The fourth-order valence-electron chi connectivity index (χ4n) is 2.72. The van der Waals surface area contributed by atoms with Gasteiger partial charge < -0.3 is 10.2 Å². The minimum absolute atomic E-state index is 0. The fourth-order valence-corrected chi connectivity index (χ4v) is 2.72. The second-order valence-electron chi connectivity index (χ2n) is 5.73. The lowest BCUT2D eigenvalue weighted by molar-refractivity contribution is -0.130. The number of aryl methyl sites for hydroxylation is 1. The Bertz CT molecular complexity index is 462. The molecule has 4 heteroatoms. The van der Waals surface area contributed by atoms with E-state index in [-0.39, 0.29) is 12.4 Å². The Hall–Kier alpha value is -1.06. The first-order valence-electron chi connectivity index (χ1n) is 7.72. The maximum Gasteiger partial charge on any atom is 0.222 e. The Balaban J connectivity index is 0.00000220. The third-order valence-electron chi connectivity index (χ3n) is 4.26. The number of carbonyl (C=O) groups excluding carboxylic acids is 1. The molecular formula is C17H27ClN2O. The van der Waals surface area contributed by atoms with Crippen molar-refractivity contribution in [3.8, 4) is 0 Å². The molecule has 21 heavy (non-hydrogen) atoms. The molecule has 0 saturated carbocycles. The van der Waals surface area contributed by atoms with Crippen LogP contribution in [0.2, 0.25) is 0 Å². The quantitative estimate of drug-likeness (QED) is 0.847. The van der Waals surface area contributed by atoms with Crippen LogP contribution < -0.4 is 5.32 Å². The average Bonchev–Trinajstić information content (AvgIpc) is 2.64. The number of hydrogen-bond donors (Lipinski definition) is 1. The highest BCUT2D eigenvalue weighted by molar-refractivity contribution is 5.85. The molecule has 3 nitrogen and oxygen atoms in total. The van der Waals surface area contributed by atoms with E-state index in [0.717, 1.165) is 45.4 Å². The van der Waals surface area contributed by atoms with Crippen LogP contribution in [-0.4, -0.2) is 30.4 Å². The van der Waals surface area contributed by atoms with Gasteiger partial charge in [-0.15, -0.1) is 12.4 Å². The monoisotopic (exact) mass is 310 g/mol. The molecule has 1 aromatic carbocycles. The normalized spacial score (nSPS) is 15.5. The van der Waals surface area contributed by atoms with Gasteiger partial charge in [0.2, 0.25) is 5.91 Å². The summed E-state index contributed by atoms with van der Waals surface area (Å²) >= 11 is 0. The van der Waals surface area contributed by atoms with E-state index in [1.165, 1.54) is 23.1 Å². The maximum absolute atomic E-state index is 11.9. The first-order valence-corrected chi connectivity index (χ1v) is 7.72. The molecule has 1 fully saturated rings. The van der Waals surface area contributed by atoms with Crippen LogP contribution in [0.15, 0.2) is 18.2 Å². The summed E-state index contributed by atoms with van der Waals surface area (Å²) in [5.74, 6) is 0.330. The van der Waals surface area contributed by atoms with E-state index in [1.54, 1.807) is 0 Å². The first-order chi connectivity index (χ1) is 9.68. The molecule has 118 valence electrons. The Morgan fingerprint density at radius 1 is 1.19 bits per heavy atom. The summed E-state index contributed by atoms with van der Waals surface area (Å²) in [7, 11) is 0. The van der Waals surface area contributed by atoms with E-state index in [1.807, 2.05) is 4.90 Å². The summed E-state index contributed by atoms with van der Waals surface area (Å²) in [4.78, 5) is 13.9. The van der Waals surface area contributed by atoms with Gasteiger partial charge in [0.05, 0.1) is 0 Å². The molecule has 0 aliphatic carbocycles. The van der Waals surface area contributed by atoms with E-state index < -0.39 is 0 Å². The lowest BCUT2D eigenvalue weighted by atomic mass is 10.0. The molecule has 0 bridgehead atoms. The molecule has 1 N–H and O–H groups in total. The zero-order chi connectivity index (χ0) is 14.4. The third kappa shape index (κ3) is 5.33. The highest BCUT2D eigenvalue weighted by Crippen LogP contribution is 2.12. The third-order valence-corrected chi connectivity index (χ3v) is 4.26. The predicted octanol–water partition coefficient (Wildman–Crippen LogP) is 3.22. The number of rotatable bonds is 5. The van der Waals surface area contributed by atoms with Gasteiger partial charge in [-0.25, -0.2) is 0 Å². The van der Waals surface area contributed by atoms with E-state index in [0.29, 0.717) is 5.91 Å². The van der Waals surface area contributed by atoms with E-state index >= 15 is 0 Å². The van der Waals surface area contributed by atoms with Crippen molar-refractivity contribution >= 4 is 18.3 Å². The standard InChI is InChI=1S/C17H26N2O.ClH/c1-14-7-6-8-16(15(14)2)13-18-10-12-19-11-5-3-4-9-17(19)20;/h6-8,18H,3-5,9-13H2,1-2H3;1H. The minimum atomic E-state index is 0. The van der Waals surface area contributed by atoms with Gasteiger partial charge >= 0.3 is 0 Å². The van der Waals surface area contributed by atoms with Gasteiger partial charge in [0.15, 0.2) is 0 Å². The molecule has 0 spiro atoms. The number of halogens is 1. The van der Waals surface area contributed by atoms with Crippen LogP contribution in [0.1, 0.15) is 42.4 Å². The second-order valence-corrected chi connectivity index (χ2v) is 5.73. The smallest absolute Gasteiger partial charge is 0.222 e. The van der Waals surface area contributed by atoms with Crippen LogP contribution >= 0.6 is 12.4 Å². The zero-order valence-electron chi connectivity index (χ0n) is 13.2. The molecule has 0 atom stereocenters. The molecule has 0 unspecified atom stereocenters. The number of nitrogens with zero attached hydrogens (tertiary/aromatic N) is 1. The van der Waals surface area contributed by atoms with E-state index in [4.69, 9.17) is 0 Å². The summed E-state index contributed by atoms with van der Waals surface area (Å²) in [6.07, 6.45) is 4.14.